The van der Waals surface area contributed by atoms with Crippen molar-refractivity contribution in [3.63, 3.8) is 0 Å². The van der Waals surface area contributed by atoms with Gasteiger partial charge in [-0.1, -0.05) is 25.0 Å². The van der Waals surface area contributed by atoms with E-state index >= 15 is 0 Å². The summed E-state index contributed by atoms with van der Waals surface area (Å²) in [6.45, 7) is 2.16. The van der Waals surface area contributed by atoms with E-state index in [9.17, 15) is 4.79 Å². The highest BCUT2D eigenvalue weighted by Gasteiger charge is 2.19. The molecule has 20 heavy (non-hydrogen) atoms. The molecule has 2 aliphatic rings. The first kappa shape index (κ1) is 13.6. The van der Waals surface area contributed by atoms with E-state index < -0.39 is 0 Å². The molecule has 1 atom stereocenters. The lowest BCUT2D eigenvalue weighted by molar-refractivity contribution is 0.0937. The van der Waals surface area contributed by atoms with Crippen LogP contribution < -0.4 is 10.6 Å². The van der Waals surface area contributed by atoms with Crippen molar-refractivity contribution in [3.8, 4) is 0 Å². The van der Waals surface area contributed by atoms with Crippen molar-refractivity contribution in [2.45, 2.75) is 50.5 Å². The second-order valence-electron chi connectivity index (χ2n) is 6.12. The van der Waals surface area contributed by atoms with Crippen molar-refractivity contribution in [1.82, 2.24) is 10.6 Å². The average molecular weight is 272 g/mol. The third-order valence-corrected chi connectivity index (χ3v) is 4.61. The Hall–Kier alpha value is -1.35. The third-order valence-electron chi connectivity index (χ3n) is 4.61. The quantitative estimate of drug-likeness (QED) is 0.888. The Labute approximate surface area is 121 Å². The molecule has 1 aliphatic carbocycles. The van der Waals surface area contributed by atoms with Gasteiger partial charge in [-0.3, -0.25) is 4.79 Å². The van der Waals surface area contributed by atoms with Crippen LogP contribution in [0.1, 0.15) is 60.4 Å². The van der Waals surface area contributed by atoms with Crippen molar-refractivity contribution >= 4 is 5.91 Å². The molecule has 0 aromatic heterocycles. The lowest BCUT2D eigenvalue weighted by atomic mass is 9.90. The molecule has 1 amide bonds. The van der Waals surface area contributed by atoms with Crippen LogP contribution >= 0.6 is 0 Å². The summed E-state index contributed by atoms with van der Waals surface area (Å²) in [5, 5.41) is 6.61. The van der Waals surface area contributed by atoms with E-state index in [1.807, 2.05) is 12.1 Å². The molecule has 2 N–H and O–H groups in total. The van der Waals surface area contributed by atoms with E-state index in [0.29, 0.717) is 12.0 Å². The molecule has 0 radical (unpaired) electrons. The van der Waals surface area contributed by atoms with Gasteiger partial charge < -0.3 is 10.6 Å². The number of carbonyl (C=O) groups excluding carboxylic acids is 1. The van der Waals surface area contributed by atoms with Gasteiger partial charge in [0.05, 0.1) is 0 Å². The van der Waals surface area contributed by atoms with Crippen LogP contribution in [0.2, 0.25) is 0 Å². The van der Waals surface area contributed by atoms with Crippen molar-refractivity contribution in [1.29, 1.82) is 0 Å². The fraction of sp³-hybridized carbons (Fsp3) is 0.588. The number of carbonyl (C=O) groups is 1. The van der Waals surface area contributed by atoms with Crippen LogP contribution in [0.25, 0.3) is 0 Å². The molecule has 1 saturated heterocycles. The fourth-order valence-corrected chi connectivity index (χ4v) is 3.41. The summed E-state index contributed by atoms with van der Waals surface area (Å²) in [6, 6.07) is 8.59. The Morgan fingerprint density at radius 2 is 2.00 bits per heavy atom. The smallest absolute Gasteiger partial charge is 0.251 e. The Balaban J connectivity index is 1.67. The zero-order valence-corrected chi connectivity index (χ0v) is 12.0. The molecule has 108 valence electrons. The monoisotopic (exact) mass is 272 g/mol. The normalized spacial score (nSPS) is 23.7. The molecular formula is C17H24N2O. The standard InChI is InChI=1S/C17H24N2O/c20-17(19-16-8-1-2-9-16)14-6-3-5-13(11-14)15-7-4-10-18-12-15/h3,5-6,11,15-16,18H,1-2,4,7-10,12H2,(H,19,20). The van der Waals surface area contributed by atoms with Crippen molar-refractivity contribution in [3.05, 3.63) is 35.4 Å². The summed E-state index contributed by atoms with van der Waals surface area (Å²) in [5.41, 5.74) is 2.12. The lowest BCUT2D eigenvalue weighted by Crippen LogP contribution is -2.33. The van der Waals surface area contributed by atoms with Gasteiger partial charge in [-0.15, -0.1) is 0 Å². The van der Waals surface area contributed by atoms with Crippen LogP contribution in [0.15, 0.2) is 24.3 Å². The minimum absolute atomic E-state index is 0.0996. The maximum atomic E-state index is 12.3. The zero-order valence-electron chi connectivity index (χ0n) is 12.0. The molecule has 1 aromatic rings. The lowest BCUT2D eigenvalue weighted by Gasteiger charge is -2.23. The Morgan fingerprint density at radius 1 is 1.15 bits per heavy atom. The van der Waals surface area contributed by atoms with Gasteiger partial charge in [-0.2, -0.15) is 0 Å². The highest BCUT2D eigenvalue weighted by atomic mass is 16.1. The van der Waals surface area contributed by atoms with E-state index in [1.54, 1.807) is 0 Å². The molecule has 3 nitrogen and oxygen atoms in total. The molecular weight excluding hydrogens is 248 g/mol. The van der Waals surface area contributed by atoms with Crippen molar-refractivity contribution in [2.24, 2.45) is 0 Å². The number of nitrogens with one attached hydrogen (secondary N) is 2. The third kappa shape index (κ3) is 3.21. The summed E-state index contributed by atoms with van der Waals surface area (Å²) < 4.78 is 0. The van der Waals surface area contributed by atoms with Gasteiger partial charge in [0, 0.05) is 18.2 Å². The molecule has 1 heterocycles. The Kier molecular flexibility index (Phi) is 4.36. The first-order chi connectivity index (χ1) is 9.83. The Bertz CT molecular complexity index is 460. The van der Waals surface area contributed by atoms with E-state index in [4.69, 9.17) is 0 Å². The van der Waals surface area contributed by atoms with Crippen LogP contribution in [0.4, 0.5) is 0 Å². The van der Waals surface area contributed by atoms with Gasteiger partial charge in [-0.25, -0.2) is 0 Å². The number of piperidine rings is 1. The summed E-state index contributed by atoms with van der Waals surface area (Å²) in [7, 11) is 0. The highest BCUT2D eigenvalue weighted by Crippen LogP contribution is 2.24. The van der Waals surface area contributed by atoms with Crippen molar-refractivity contribution < 1.29 is 4.79 Å². The predicted octanol–water partition coefficient (Wildman–Crippen LogP) is 2.83. The summed E-state index contributed by atoms with van der Waals surface area (Å²) in [5.74, 6) is 0.658. The van der Waals surface area contributed by atoms with Gasteiger partial charge in [0.25, 0.3) is 5.91 Å². The van der Waals surface area contributed by atoms with E-state index in [-0.39, 0.29) is 5.91 Å². The largest absolute Gasteiger partial charge is 0.349 e. The molecule has 2 fully saturated rings. The molecule has 1 unspecified atom stereocenters. The van der Waals surface area contributed by atoms with Gasteiger partial charge in [0.2, 0.25) is 0 Å². The minimum Gasteiger partial charge on any atom is -0.349 e. The van der Waals surface area contributed by atoms with E-state index in [2.05, 4.69) is 22.8 Å². The van der Waals surface area contributed by atoms with Crippen LogP contribution in [0.5, 0.6) is 0 Å². The van der Waals surface area contributed by atoms with E-state index in [1.165, 1.54) is 31.2 Å². The van der Waals surface area contributed by atoms with Crippen LogP contribution in [0.3, 0.4) is 0 Å². The average Bonchev–Trinajstić information content (AvgIpc) is 3.01. The van der Waals surface area contributed by atoms with Gasteiger partial charge in [-0.05, 0) is 55.8 Å². The van der Waals surface area contributed by atoms with Gasteiger partial charge >= 0.3 is 0 Å². The topological polar surface area (TPSA) is 41.1 Å². The first-order valence-electron chi connectivity index (χ1n) is 7.94. The minimum atomic E-state index is 0.0996. The summed E-state index contributed by atoms with van der Waals surface area (Å²) >= 11 is 0. The molecule has 3 heteroatoms. The second kappa shape index (κ2) is 6.40. The molecule has 1 aromatic carbocycles. The molecule has 0 bridgehead atoms. The second-order valence-corrected chi connectivity index (χ2v) is 6.12. The summed E-state index contributed by atoms with van der Waals surface area (Å²) in [6.07, 6.45) is 7.22. The number of hydrogen-bond donors (Lipinski definition) is 2. The Morgan fingerprint density at radius 3 is 2.75 bits per heavy atom. The van der Waals surface area contributed by atoms with Gasteiger partial charge in [0.1, 0.15) is 0 Å². The SMILES string of the molecule is O=C(NC1CCCC1)c1cccc(C2CCCNC2)c1. The predicted molar refractivity (Wildman–Crippen MR) is 81.0 cm³/mol. The molecule has 0 spiro atoms. The van der Waals surface area contributed by atoms with Crippen LogP contribution in [-0.2, 0) is 0 Å². The van der Waals surface area contributed by atoms with Crippen molar-refractivity contribution in [2.75, 3.05) is 13.1 Å². The number of benzene rings is 1. The first-order valence-corrected chi connectivity index (χ1v) is 7.94. The number of amides is 1. The maximum Gasteiger partial charge on any atom is 0.251 e. The fourth-order valence-electron chi connectivity index (χ4n) is 3.41. The molecule has 1 saturated carbocycles. The number of rotatable bonds is 3. The maximum absolute atomic E-state index is 12.3. The van der Waals surface area contributed by atoms with Gasteiger partial charge in [0.15, 0.2) is 0 Å². The van der Waals surface area contributed by atoms with Crippen LogP contribution in [-0.4, -0.2) is 25.0 Å². The summed E-state index contributed by atoms with van der Waals surface area (Å²) in [4.78, 5) is 12.3. The van der Waals surface area contributed by atoms with E-state index in [0.717, 1.165) is 31.5 Å². The zero-order chi connectivity index (χ0) is 13.8. The van der Waals surface area contributed by atoms with Crippen LogP contribution in [0, 0.1) is 0 Å². The highest BCUT2D eigenvalue weighted by molar-refractivity contribution is 5.94. The number of hydrogen-bond acceptors (Lipinski definition) is 2. The molecule has 1 aliphatic heterocycles. The molecule has 3 rings (SSSR count).